The number of fused-ring (bicyclic) bond motifs is 2. The minimum atomic E-state index is -0.565. The molecule has 4 aliphatic heterocycles. The Morgan fingerprint density at radius 2 is 2.00 bits per heavy atom. The summed E-state index contributed by atoms with van der Waals surface area (Å²) in [7, 11) is 0. The fraction of sp³-hybridized carbons (Fsp3) is 1.00. The molecule has 21 heavy (non-hydrogen) atoms. The van der Waals surface area contributed by atoms with E-state index in [1.165, 1.54) is 12.8 Å². The second-order valence-corrected chi connectivity index (χ2v) is 7.54. The second-order valence-electron chi connectivity index (χ2n) is 7.54. The van der Waals surface area contributed by atoms with Crippen molar-refractivity contribution in [3.8, 4) is 0 Å². The molecule has 4 heterocycles. The Labute approximate surface area is 127 Å². The Balaban J connectivity index is 1.68. The summed E-state index contributed by atoms with van der Waals surface area (Å²) in [4.78, 5) is 12.1. The van der Waals surface area contributed by atoms with Crippen molar-refractivity contribution in [1.29, 1.82) is 0 Å². The zero-order valence-electron chi connectivity index (χ0n) is 13.3. The molecule has 1 aliphatic carbocycles. The van der Waals surface area contributed by atoms with Gasteiger partial charge in [0.05, 0.1) is 6.61 Å². The number of rotatable bonds is 3. The zero-order valence-corrected chi connectivity index (χ0v) is 13.3. The summed E-state index contributed by atoms with van der Waals surface area (Å²) in [6.07, 6.45) is 8.61. The van der Waals surface area contributed by atoms with Gasteiger partial charge in [0.25, 0.3) is 0 Å². The molecule has 5 aliphatic rings. The summed E-state index contributed by atoms with van der Waals surface area (Å²) in [6, 6.07) is 0. The molecule has 1 saturated carbocycles. The topological polar surface area (TPSA) is 36.9 Å². The smallest absolute Gasteiger partial charge is 0.204 e. The molecule has 2 bridgehead atoms. The van der Waals surface area contributed by atoms with Crippen molar-refractivity contribution in [2.75, 3.05) is 6.61 Å². The largest absolute Gasteiger partial charge is 0.349 e. The van der Waals surface area contributed by atoms with Gasteiger partial charge in [-0.3, -0.25) is 0 Å². The van der Waals surface area contributed by atoms with Gasteiger partial charge < -0.3 is 9.47 Å². The van der Waals surface area contributed by atoms with Crippen LogP contribution in [0.4, 0.5) is 0 Å². The summed E-state index contributed by atoms with van der Waals surface area (Å²) < 4.78 is 12.5. The third-order valence-electron chi connectivity index (χ3n) is 6.39. The summed E-state index contributed by atoms with van der Waals surface area (Å²) in [5.41, 5.74) is -0.345. The van der Waals surface area contributed by atoms with E-state index in [1.807, 2.05) is 0 Å². The van der Waals surface area contributed by atoms with Gasteiger partial charge in [0.2, 0.25) is 5.79 Å². The van der Waals surface area contributed by atoms with Gasteiger partial charge in [-0.05, 0) is 49.9 Å². The molecule has 0 aromatic carbocycles. The average Bonchev–Trinajstić information content (AvgIpc) is 2.76. The van der Waals surface area contributed by atoms with Gasteiger partial charge in [0.1, 0.15) is 0 Å². The van der Waals surface area contributed by atoms with E-state index in [0.717, 1.165) is 45.1 Å². The highest BCUT2D eigenvalue weighted by Gasteiger charge is 2.67. The fourth-order valence-electron chi connectivity index (χ4n) is 5.14. The second kappa shape index (κ2) is 5.19. The Morgan fingerprint density at radius 3 is 2.86 bits per heavy atom. The summed E-state index contributed by atoms with van der Waals surface area (Å²) in [6.45, 7) is 5.36. The molecule has 1 spiro atoms. The Kier molecular flexibility index (Phi) is 3.57. The molecule has 4 heteroatoms. The normalized spacial score (nSPS) is 52.3. The first kappa shape index (κ1) is 14.4. The summed E-state index contributed by atoms with van der Waals surface area (Å²) in [5.74, 6) is 1.13. The molecular formula is C17H28O4. The minimum Gasteiger partial charge on any atom is -0.349 e. The van der Waals surface area contributed by atoms with Crippen LogP contribution in [0.5, 0.6) is 0 Å². The number of unbranched alkanes of at least 4 members (excludes halogenated alkanes) is 1. The molecular weight excluding hydrogens is 268 g/mol. The van der Waals surface area contributed by atoms with Crippen LogP contribution in [0.25, 0.3) is 0 Å². The van der Waals surface area contributed by atoms with Crippen molar-refractivity contribution in [1.82, 2.24) is 0 Å². The fourth-order valence-corrected chi connectivity index (χ4v) is 5.14. The van der Waals surface area contributed by atoms with Gasteiger partial charge in [-0.2, -0.15) is 0 Å². The molecule has 4 saturated heterocycles. The van der Waals surface area contributed by atoms with Crippen LogP contribution >= 0.6 is 0 Å². The maximum atomic E-state index is 6.41. The highest BCUT2D eigenvalue weighted by Crippen LogP contribution is 2.59. The lowest BCUT2D eigenvalue weighted by Gasteiger charge is -2.57. The first-order valence-electron chi connectivity index (χ1n) is 8.86. The van der Waals surface area contributed by atoms with Crippen molar-refractivity contribution in [3.63, 3.8) is 0 Å². The predicted molar refractivity (Wildman–Crippen MR) is 77.2 cm³/mol. The third kappa shape index (κ3) is 2.03. The highest BCUT2D eigenvalue weighted by molar-refractivity contribution is 5.07. The number of ether oxygens (including phenoxy) is 2. The average molecular weight is 296 g/mol. The molecule has 0 aromatic rings. The van der Waals surface area contributed by atoms with Crippen LogP contribution in [-0.2, 0) is 19.2 Å². The maximum absolute atomic E-state index is 6.41. The van der Waals surface area contributed by atoms with Gasteiger partial charge in [-0.15, -0.1) is 0 Å². The molecule has 5 rings (SSSR count). The minimum absolute atomic E-state index is 0.225. The van der Waals surface area contributed by atoms with Crippen LogP contribution in [0, 0.1) is 17.8 Å². The highest BCUT2D eigenvalue weighted by atomic mass is 17.3. The molecule has 0 aromatic heterocycles. The third-order valence-corrected chi connectivity index (χ3v) is 6.39. The van der Waals surface area contributed by atoms with E-state index in [1.54, 1.807) is 0 Å². The van der Waals surface area contributed by atoms with Gasteiger partial charge in [0.15, 0.2) is 11.9 Å². The maximum Gasteiger partial charge on any atom is 0.204 e. The van der Waals surface area contributed by atoms with Crippen LogP contribution in [0.3, 0.4) is 0 Å². The van der Waals surface area contributed by atoms with Crippen molar-refractivity contribution in [3.05, 3.63) is 0 Å². The van der Waals surface area contributed by atoms with Crippen molar-refractivity contribution < 1.29 is 19.2 Å². The van der Waals surface area contributed by atoms with Gasteiger partial charge in [0, 0.05) is 12.8 Å². The molecule has 5 fully saturated rings. The number of hydrogen-bond donors (Lipinski definition) is 0. The lowest BCUT2D eigenvalue weighted by Crippen LogP contribution is -2.67. The SMILES string of the molecule is CCCC[C@@]12CC[C@H]3[C@H](C)CC[C@H]4CCO[C@H](O1)[C@]43OO2. The van der Waals surface area contributed by atoms with Crippen LogP contribution in [-0.4, -0.2) is 24.3 Å². The molecule has 0 unspecified atom stereocenters. The molecule has 0 radical (unpaired) electrons. The van der Waals surface area contributed by atoms with Gasteiger partial charge >= 0.3 is 0 Å². The quantitative estimate of drug-likeness (QED) is 0.742. The predicted octanol–water partition coefficient (Wildman–Crippen LogP) is 3.79. The van der Waals surface area contributed by atoms with E-state index in [2.05, 4.69) is 13.8 Å². The monoisotopic (exact) mass is 296 g/mol. The van der Waals surface area contributed by atoms with Gasteiger partial charge in [-0.1, -0.05) is 20.3 Å². The molecule has 120 valence electrons. The lowest BCUT2D eigenvalue weighted by atomic mass is 9.61. The van der Waals surface area contributed by atoms with Crippen LogP contribution in [0.1, 0.15) is 65.2 Å². The zero-order chi connectivity index (χ0) is 14.5. The Morgan fingerprint density at radius 1 is 1.10 bits per heavy atom. The molecule has 6 atom stereocenters. The molecule has 0 N–H and O–H groups in total. The van der Waals surface area contributed by atoms with Crippen LogP contribution < -0.4 is 0 Å². The molecule has 4 nitrogen and oxygen atoms in total. The van der Waals surface area contributed by atoms with E-state index < -0.39 is 5.79 Å². The van der Waals surface area contributed by atoms with E-state index in [9.17, 15) is 0 Å². The van der Waals surface area contributed by atoms with Crippen LogP contribution in [0.15, 0.2) is 0 Å². The standard InChI is InChI=1S/C17H28O4/c1-3-4-9-16-10-7-14-12(2)5-6-13-8-11-18-15(19-16)17(13,14)21-20-16/h12-15H,3-11H2,1-2H3/t12-,13+,14+,15-,16-,17+/m1/s1. The van der Waals surface area contributed by atoms with Gasteiger partial charge in [-0.25, -0.2) is 9.78 Å². The van der Waals surface area contributed by atoms with Crippen molar-refractivity contribution in [2.45, 2.75) is 82.9 Å². The van der Waals surface area contributed by atoms with E-state index in [4.69, 9.17) is 19.2 Å². The van der Waals surface area contributed by atoms with Crippen molar-refractivity contribution >= 4 is 0 Å². The Hall–Kier alpha value is -0.160. The number of hydrogen-bond acceptors (Lipinski definition) is 4. The van der Waals surface area contributed by atoms with Crippen molar-refractivity contribution in [2.24, 2.45) is 17.8 Å². The first-order valence-corrected chi connectivity index (χ1v) is 8.86. The van der Waals surface area contributed by atoms with Crippen LogP contribution in [0.2, 0.25) is 0 Å². The van der Waals surface area contributed by atoms with E-state index in [0.29, 0.717) is 17.8 Å². The molecule has 0 amide bonds. The Bertz CT molecular complexity index is 396. The van der Waals surface area contributed by atoms with E-state index in [-0.39, 0.29) is 11.9 Å². The summed E-state index contributed by atoms with van der Waals surface area (Å²) in [5, 5.41) is 0. The summed E-state index contributed by atoms with van der Waals surface area (Å²) >= 11 is 0. The lowest BCUT2D eigenvalue weighted by molar-refractivity contribution is -0.568. The van der Waals surface area contributed by atoms with E-state index >= 15 is 0 Å². The first-order chi connectivity index (χ1) is 10.2.